The zero-order chi connectivity index (χ0) is 30.5. The van der Waals surface area contributed by atoms with E-state index in [2.05, 4.69) is 15.0 Å². The molecule has 2 atom stereocenters. The smallest absolute Gasteiger partial charge is 0.437 e. The monoisotopic (exact) mass is 577 g/mol. The molecule has 1 aliphatic rings. The summed E-state index contributed by atoms with van der Waals surface area (Å²) in [7, 11) is 1.51. The minimum atomic E-state index is -2.27. The van der Waals surface area contributed by atoms with Crippen LogP contribution in [0.25, 0.3) is 11.1 Å². The number of aromatic nitrogens is 2. The average molecular weight is 578 g/mol. The molecular formula is C24H31N7O10. The van der Waals surface area contributed by atoms with Crippen LogP contribution in [-0.2, 0) is 30.5 Å². The van der Waals surface area contributed by atoms with Gasteiger partial charge >= 0.3 is 18.0 Å². The molecule has 2 aromatic rings. The van der Waals surface area contributed by atoms with Crippen LogP contribution >= 0.6 is 0 Å². The molecule has 17 heteroatoms. The number of nitrogens with zero attached hydrogens (tertiary/aromatic N) is 5. The zero-order valence-electron chi connectivity index (χ0n) is 22.0. The van der Waals surface area contributed by atoms with Gasteiger partial charge in [0.25, 0.3) is 0 Å². The number of anilines is 1. The molecule has 1 saturated heterocycles. The van der Waals surface area contributed by atoms with Crippen molar-refractivity contribution in [2.45, 2.75) is 18.8 Å². The van der Waals surface area contributed by atoms with E-state index in [1.807, 2.05) is 29.2 Å². The van der Waals surface area contributed by atoms with Gasteiger partial charge in [-0.25, -0.2) is 24.4 Å². The number of aliphatic hydroxyl groups excluding tert-OH is 2. The van der Waals surface area contributed by atoms with Gasteiger partial charge < -0.3 is 51.2 Å². The molecule has 0 spiro atoms. The number of ether oxygens (including phenoxy) is 2. The van der Waals surface area contributed by atoms with Crippen LogP contribution in [0.1, 0.15) is 5.56 Å². The number of aliphatic imine (C=N–C) groups is 1. The van der Waals surface area contributed by atoms with Crippen molar-refractivity contribution in [3.63, 3.8) is 0 Å². The maximum Gasteiger partial charge on any atom is 0.437 e. The summed E-state index contributed by atoms with van der Waals surface area (Å²) in [5, 5.41) is 32.5. The van der Waals surface area contributed by atoms with Crippen LogP contribution in [0.4, 0.5) is 10.7 Å². The number of hydrogen-bond acceptors (Lipinski definition) is 11. The molecule has 0 unspecified atom stereocenters. The molecule has 2 amide bonds. The first kappa shape index (κ1) is 32.3. The first-order valence-corrected chi connectivity index (χ1v) is 11.9. The highest BCUT2D eigenvalue weighted by molar-refractivity contribution is 5.87. The molecule has 222 valence electrons. The van der Waals surface area contributed by atoms with Crippen LogP contribution < -0.4 is 16.4 Å². The number of amides is 2. The molecule has 8 N–H and O–H groups in total. The maximum atomic E-state index is 11.9. The van der Waals surface area contributed by atoms with Crippen molar-refractivity contribution in [3.8, 4) is 11.1 Å². The van der Waals surface area contributed by atoms with Gasteiger partial charge in [0.05, 0.1) is 0 Å². The molecule has 0 radical (unpaired) electrons. The van der Waals surface area contributed by atoms with Gasteiger partial charge in [-0.3, -0.25) is 4.79 Å². The minimum absolute atomic E-state index is 0.0118. The summed E-state index contributed by atoms with van der Waals surface area (Å²) in [5.41, 5.74) is 12.8. The predicted octanol–water partition coefficient (Wildman–Crippen LogP) is -1.77. The lowest BCUT2D eigenvalue weighted by Gasteiger charge is -2.34. The Hall–Kier alpha value is -4.87. The lowest BCUT2D eigenvalue weighted by atomic mass is 10.1. The number of hydrogen-bond donors (Lipinski definition) is 6. The third-order valence-corrected chi connectivity index (χ3v) is 5.47. The second kappa shape index (κ2) is 15.7. The summed E-state index contributed by atoms with van der Waals surface area (Å²) in [5.74, 6) is -3.28. The summed E-state index contributed by atoms with van der Waals surface area (Å²) in [6, 6.07) is 7.47. The van der Waals surface area contributed by atoms with Gasteiger partial charge in [-0.1, -0.05) is 18.2 Å². The highest BCUT2D eigenvalue weighted by Crippen LogP contribution is 2.21. The summed E-state index contributed by atoms with van der Waals surface area (Å²) in [6.45, 7) is 2.66. The van der Waals surface area contributed by atoms with Crippen molar-refractivity contribution in [2.75, 3.05) is 44.8 Å². The van der Waals surface area contributed by atoms with E-state index >= 15 is 0 Å². The Balaban J connectivity index is 0.000000503. The standard InChI is InChI=1S/C20H25N7O4.C4H6O6/c1-30-13-17(28)26-5-7-27(8-6-26)19-23-10-16(11-24-19)15-4-2-3-14(9-15)12-31-20(29)25-18(21)22;5-1(3(7)8)2(6)4(9)10/h2-4,9-11H,5-8,12-13H2,1H3,(H4,21,22,25,29);1-2,5-6H,(H,7,8)(H,9,10)/t;1-,2-/m.1/s1. The molecule has 1 aromatic carbocycles. The van der Waals surface area contributed by atoms with Crippen molar-refractivity contribution in [2.24, 2.45) is 16.5 Å². The molecule has 3 rings (SSSR count). The van der Waals surface area contributed by atoms with E-state index in [0.29, 0.717) is 32.1 Å². The molecule has 17 nitrogen and oxygen atoms in total. The van der Waals surface area contributed by atoms with Crippen molar-refractivity contribution < 1.29 is 49.1 Å². The van der Waals surface area contributed by atoms with E-state index in [1.54, 1.807) is 17.3 Å². The summed E-state index contributed by atoms with van der Waals surface area (Å²) in [6.07, 6.45) is -1.89. The number of guanidine groups is 1. The number of rotatable bonds is 9. The van der Waals surface area contributed by atoms with Crippen molar-refractivity contribution in [1.82, 2.24) is 14.9 Å². The Bertz CT molecular complexity index is 1210. The molecule has 1 aliphatic heterocycles. The number of carbonyl (C=O) groups excluding carboxylic acids is 2. The van der Waals surface area contributed by atoms with Gasteiger partial charge in [-0.05, 0) is 17.2 Å². The largest absolute Gasteiger partial charge is 0.479 e. The Morgan fingerprint density at radius 2 is 1.56 bits per heavy atom. The van der Waals surface area contributed by atoms with E-state index in [9.17, 15) is 19.2 Å². The van der Waals surface area contributed by atoms with E-state index in [-0.39, 0.29) is 25.1 Å². The number of benzene rings is 1. The number of aliphatic hydroxyl groups is 2. The van der Waals surface area contributed by atoms with Crippen molar-refractivity contribution in [1.29, 1.82) is 0 Å². The van der Waals surface area contributed by atoms with E-state index < -0.39 is 30.2 Å². The second-order valence-corrected chi connectivity index (χ2v) is 8.43. The number of nitrogens with two attached hydrogens (primary N) is 2. The molecule has 0 saturated carbocycles. The molecule has 41 heavy (non-hydrogen) atoms. The summed E-state index contributed by atoms with van der Waals surface area (Å²) < 4.78 is 9.91. The third kappa shape index (κ3) is 10.3. The highest BCUT2D eigenvalue weighted by atomic mass is 16.5. The van der Waals surface area contributed by atoms with Gasteiger partial charge in [0.15, 0.2) is 18.2 Å². The Morgan fingerprint density at radius 1 is 0.976 bits per heavy atom. The Labute approximate surface area is 233 Å². The predicted molar refractivity (Wildman–Crippen MR) is 141 cm³/mol. The van der Waals surface area contributed by atoms with Crippen LogP contribution in [0.2, 0.25) is 0 Å². The van der Waals surface area contributed by atoms with E-state index in [1.165, 1.54) is 7.11 Å². The number of carboxylic acid groups (broad SMARTS) is 2. The van der Waals surface area contributed by atoms with Crippen molar-refractivity contribution in [3.05, 3.63) is 42.2 Å². The van der Waals surface area contributed by atoms with Crippen molar-refractivity contribution >= 4 is 35.8 Å². The maximum absolute atomic E-state index is 11.9. The molecular weight excluding hydrogens is 546 g/mol. The zero-order valence-corrected chi connectivity index (χ0v) is 22.0. The van der Waals surface area contributed by atoms with Gasteiger partial charge in [0.1, 0.15) is 13.2 Å². The molecule has 2 heterocycles. The van der Waals surface area contributed by atoms with Crippen LogP contribution in [0, 0.1) is 0 Å². The third-order valence-electron chi connectivity index (χ3n) is 5.47. The summed E-state index contributed by atoms with van der Waals surface area (Å²) in [4.78, 5) is 59.0. The lowest BCUT2D eigenvalue weighted by molar-refractivity contribution is -0.165. The first-order chi connectivity index (χ1) is 19.4. The average Bonchev–Trinajstić information content (AvgIpc) is 2.95. The topological polar surface area (TPSA) is 264 Å². The minimum Gasteiger partial charge on any atom is -0.479 e. The molecule has 0 aliphatic carbocycles. The number of carboxylic acids is 2. The van der Waals surface area contributed by atoms with Gasteiger partial charge in [0.2, 0.25) is 11.9 Å². The van der Waals surface area contributed by atoms with Gasteiger partial charge in [0, 0.05) is 51.2 Å². The Kier molecular flexibility index (Phi) is 12.3. The van der Waals surface area contributed by atoms with Gasteiger partial charge in [-0.2, -0.15) is 0 Å². The van der Waals surface area contributed by atoms with Crippen LogP contribution in [-0.4, -0.2) is 117 Å². The van der Waals surface area contributed by atoms with Gasteiger partial charge in [-0.15, -0.1) is 4.99 Å². The van der Waals surface area contributed by atoms with Crippen LogP contribution in [0.15, 0.2) is 41.7 Å². The quantitative estimate of drug-likeness (QED) is 0.142. The van der Waals surface area contributed by atoms with Crippen LogP contribution in [0.5, 0.6) is 0 Å². The first-order valence-electron chi connectivity index (χ1n) is 11.9. The lowest BCUT2D eigenvalue weighted by Crippen LogP contribution is -2.50. The fourth-order valence-corrected chi connectivity index (χ4v) is 3.40. The number of methoxy groups -OCH3 is 1. The summed E-state index contributed by atoms with van der Waals surface area (Å²) >= 11 is 0. The fraction of sp³-hybridized carbons (Fsp3) is 0.375. The second-order valence-electron chi connectivity index (χ2n) is 8.43. The molecule has 0 bridgehead atoms. The highest BCUT2D eigenvalue weighted by Gasteiger charge is 2.29. The number of piperazine rings is 1. The van der Waals surface area contributed by atoms with E-state index in [4.69, 9.17) is 41.4 Å². The van der Waals surface area contributed by atoms with Crippen LogP contribution in [0.3, 0.4) is 0 Å². The normalized spacial score (nSPS) is 14.1. The fourth-order valence-electron chi connectivity index (χ4n) is 3.40. The molecule has 1 fully saturated rings. The Morgan fingerprint density at radius 3 is 2.07 bits per heavy atom. The molecule has 1 aromatic heterocycles. The van der Waals surface area contributed by atoms with E-state index in [0.717, 1.165) is 16.7 Å². The number of aliphatic carboxylic acids is 2. The number of carbonyl (C=O) groups is 4. The SMILES string of the molecule is COCC(=O)N1CCN(c2ncc(-c3cccc(COC(=O)N=C(N)N)c3)cn2)CC1.O=C(O)[C@H](O)[C@@H](O)C(=O)O.